The molecule has 2 atom stereocenters. The van der Waals surface area contributed by atoms with Crippen molar-refractivity contribution in [1.82, 2.24) is 5.32 Å². The van der Waals surface area contributed by atoms with E-state index in [0.29, 0.717) is 6.42 Å². The van der Waals surface area contributed by atoms with Gasteiger partial charge in [0.15, 0.2) is 0 Å². The van der Waals surface area contributed by atoms with Crippen LogP contribution in [0.3, 0.4) is 0 Å². The first-order chi connectivity index (χ1) is 12.2. The van der Waals surface area contributed by atoms with Crippen molar-refractivity contribution in [3.8, 4) is 11.5 Å². The predicted molar refractivity (Wildman–Crippen MR) is 100 cm³/mol. The molecule has 5 heteroatoms. The molecule has 126 valence electrons. The molecule has 0 fully saturated rings. The number of aliphatic imine (C=N–C) groups is 1. The SMILES string of the molecule is Oc1ccccc1C1=N[C@@H](c2cccs2)N[C@H](c2ccccc2O)C1. The topological polar surface area (TPSA) is 64.9 Å². The Kier molecular flexibility index (Phi) is 4.26. The van der Waals surface area contributed by atoms with Gasteiger partial charge in [0.05, 0.1) is 5.71 Å². The van der Waals surface area contributed by atoms with E-state index in [-0.39, 0.29) is 23.7 Å². The highest BCUT2D eigenvalue weighted by Crippen LogP contribution is 2.36. The van der Waals surface area contributed by atoms with Crippen molar-refractivity contribution in [3.63, 3.8) is 0 Å². The lowest BCUT2D eigenvalue weighted by atomic mass is 9.94. The molecule has 0 saturated heterocycles. The fourth-order valence-electron chi connectivity index (χ4n) is 3.16. The summed E-state index contributed by atoms with van der Waals surface area (Å²) < 4.78 is 0. The molecule has 2 aromatic carbocycles. The van der Waals surface area contributed by atoms with Crippen LogP contribution in [0, 0.1) is 0 Å². The van der Waals surface area contributed by atoms with Crippen molar-refractivity contribution >= 4 is 17.0 Å². The molecule has 25 heavy (non-hydrogen) atoms. The molecule has 3 aromatic rings. The Morgan fingerprint density at radius 2 is 1.68 bits per heavy atom. The number of phenolic OH excluding ortho intramolecular Hbond substituents is 2. The second-order valence-electron chi connectivity index (χ2n) is 5.99. The summed E-state index contributed by atoms with van der Waals surface area (Å²) in [5.74, 6) is 0.493. The third kappa shape index (κ3) is 3.16. The molecule has 4 nitrogen and oxygen atoms in total. The van der Waals surface area contributed by atoms with Gasteiger partial charge >= 0.3 is 0 Å². The maximum Gasteiger partial charge on any atom is 0.135 e. The Hall–Kier alpha value is -2.63. The summed E-state index contributed by atoms with van der Waals surface area (Å²) in [4.78, 5) is 5.94. The van der Waals surface area contributed by atoms with Gasteiger partial charge in [-0.1, -0.05) is 36.4 Å². The minimum absolute atomic E-state index is 0.0830. The molecular weight excluding hydrogens is 332 g/mol. The molecular formula is C20H18N2O2S. The van der Waals surface area contributed by atoms with E-state index >= 15 is 0 Å². The first-order valence-electron chi connectivity index (χ1n) is 8.15. The Balaban J connectivity index is 1.77. The molecule has 1 aliphatic rings. The minimum atomic E-state index is -0.201. The molecule has 0 unspecified atom stereocenters. The summed E-state index contributed by atoms with van der Waals surface area (Å²) in [6, 6.07) is 18.6. The van der Waals surface area contributed by atoms with Crippen molar-refractivity contribution in [2.45, 2.75) is 18.6 Å². The van der Waals surface area contributed by atoms with Crippen LogP contribution in [0.1, 0.15) is 34.6 Å². The second kappa shape index (κ2) is 6.70. The molecule has 3 N–H and O–H groups in total. The number of rotatable bonds is 3. The highest BCUT2D eigenvalue weighted by molar-refractivity contribution is 7.10. The van der Waals surface area contributed by atoms with Crippen LogP contribution in [-0.2, 0) is 0 Å². The van der Waals surface area contributed by atoms with E-state index in [1.165, 1.54) is 0 Å². The highest BCUT2D eigenvalue weighted by atomic mass is 32.1. The van der Waals surface area contributed by atoms with Crippen molar-refractivity contribution in [2.24, 2.45) is 4.99 Å². The number of nitrogens with zero attached hydrogens (tertiary/aromatic N) is 1. The van der Waals surface area contributed by atoms with Gasteiger partial charge in [-0.3, -0.25) is 10.3 Å². The number of phenols is 2. The Morgan fingerprint density at radius 1 is 0.920 bits per heavy atom. The largest absolute Gasteiger partial charge is 0.508 e. The normalized spacial score (nSPS) is 20.2. The Bertz CT molecular complexity index is 906. The third-order valence-electron chi connectivity index (χ3n) is 4.38. The van der Waals surface area contributed by atoms with Crippen molar-refractivity contribution in [1.29, 1.82) is 0 Å². The monoisotopic (exact) mass is 350 g/mol. The van der Waals surface area contributed by atoms with Crippen LogP contribution in [0.4, 0.5) is 0 Å². The van der Waals surface area contributed by atoms with Gasteiger partial charge in [-0.05, 0) is 29.6 Å². The van der Waals surface area contributed by atoms with Crippen LogP contribution < -0.4 is 5.32 Å². The summed E-state index contributed by atoms with van der Waals surface area (Å²) in [6.45, 7) is 0. The predicted octanol–water partition coefficient (Wildman–Crippen LogP) is 4.38. The molecule has 1 aromatic heterocycles. The molecule has 0 radical (unpaired) electrons. The first-order valence-corrected chi connectivity index (χ1v) is 9.03. The van der Waals surface area contributed by atoms with Crippen LogP contribution >= 0.6 is 11.3 Å². The Labute approximate surface area is 150 Å². The molecule has 4 rings (SSSR count). The van der Waals surface area contributed by atoms with E-state index in [0.717, 1.165) is 21.7 Å². The van der Waals surface area contributed by atoms with Crippen LogP contribution in [0.5, 0.6) is 11.5 Å². The number of thiophene rings is 1. The molecule has 0 bridgehead atoms. The number of para-hydroxylation sites is 2. The minimum Gasteiger partial charge on any atom is -0.508 e. The van der Waals surface area contributed by atoms with Gasteiger partial charge in [0, 0.05) is 28.5 Å². The van der Waals surface area contributed by atoms with Gasteiger partial charge in [-0.2, -0.15) is 0 Å². The standard InChI is InChI=1S/C20H18N2O2S/c23-17-8-3-1-6-13(17)15-12-16(14-7-2-4-9-18(14)24)22-20(21-15)19-10-5-11-25-19/h1-11,15,20-21,23-24H,12H2/t15-,20-/m0/s1. The van der Waals surface area contributed by atoms with Gasteiger partial charge in [0.2, 0.25) is 0 Å². The second-order valence-corrected chi connectivity index (χ2v) is 6.97. The van der Waals surface area contributed by atoms with Crippen LogP contribution in [0.25, 0.3) is 0 Å². The molecule has 1 aliphatic heterocycles. The lowest BCUT2D eigenvalue weighted by Crippen LogP contribution is -2.32. The van der Waals surface area contributed by atoms with Gasteiger partial charge in [-0.15, -0.1) is 11.3 Å². The zero-order chi connectivity index (χ0) is 17.2. The molecule has 0 amide bonds. The average Bonchev–Trinajstić information content (AvgIpc) is 3.17. The van der Waals surface area contributed by atoms with E-state index in [1.807, 2.05) is 47.8 Å². The molecule has 0 aliphatic carbocycles. The highest BCUT2D eigenvalue weighted by Gasteiger charge is 2.28. The van der Waals surface area contributed by atoms with E-state index in [2.05, 4.69) is 5.32 Å². The van der Waals surface area contributed by atoms with Crippen LogP contribution in [0.15, 0.2) is 71.0 Å². The maximum absolute atomic E-state index is 10.3. The fourth-order valence-corrected chi connectivity index (χ4v) is 3.88. The number of nitrogens with one attached hydrogen (secondary N) is 1. The molecule has 0 saturated carbocycles. The smallest absolute Gasteiger partial charge is 0.135 e. The molecule has 2 heterocycles. The summed E-state index contributed by atoms with van der Waals surface area (Å²) in [5.41, 5.74) is 2.42. The Morgan fingerprint density at radius 3 is 2.40 bits per heavy atom. The van der Waals surface area contributed by atoms with Gasteiger partial charge < -0.3 is 10.2 Å². The van der Waals surface area contributed by atoms with E-state index in [4.69, 9.17) is 4.99 Å². The summed E-state index contributed by atoms with van der Waals surface area (Å²) in [7, 11) is 0. The van der Waals surface area contributed by atoms with Gasteiger partial charge in [0.25, 0.3) is 0 Å². The zero-order valence-electron chi connectivity index (χ0n) is 13.5. The van der Waals surface area contributed by atoms with Crippen LogP contribution in [0.2, 0.25) is 0 Å². The summed E-state index contributed by atoms with van der Waals surface area (Å²) in [6.07, 6.45) is 0.393. The average molecular weight is 350 g/mol. The van der Waals surface area contributed by atoms with E-state index < -0.39 is 0 Å². The number of hydrogen-bond donors (Lipinski definition) is 3. The number of aromatic hydroxyl groups is 2. The van der Waals surface area contributed by atoms with Crippen LogP contribution in [-0.4, -0.2) is 15.9 Å². The third-order valence-corrected chi connectivity index (χ3v) is 5.31. The fraction of sp³-hybridized carbons (Fsp3) is 0.150. The lowest BCUT2D eigenvalue weighted by molar-refractivity contribution is 0.414. The number of benzene rings is 2. The summed E-state index contributed by atoms with van der Waals surface area (Å²) >= 11 is 1.64. The summed E-state index contributed by atoms with van der Waals surface area (Å²) in [5, 5.41) is 26.0. The maximum atomic E-state index is 10.3. The number of hydrogen-bond acceptors (Lipinski definition) is 5. The van der Waals surface area contributed by atoms with E-state index in [9.17, 15) is 10.2 Å². The van der Waals surface area contributed by atoms with E-state index in [1.54, 1.807) is 29.5 Å². The lowest BCUT2D eigenvalue weighted by Gasteiger charge is -2.30. The van der Waals surface area contributed by atoms with Gasteiger partial charge in [0.1, 0.15) is 17.7 Å². The van der Waals surface area contributed by atoms with Crippen molar-refractivity contribution < 1.29 is 10.2 Å². The molecule has 0 spiro atoms. The first kappa shape index (κ1) is 15.9. The zero-order valence-corrected chi connectivity index (χ0v) is 14.3. The van der Waals surface area contributed by atoms with Gasteiger partial charge in [-0.25, -0.2) is 0 Å². The van der Waals surface area contributed by atoms with Crippen molar-refractivity contribution in [3.05, 3.63) is 82.0 Å². The van der Waals surface area contributed by atoms with Crippen molar-refractivity contribution in [2.75, 3.05) is 0 Å². The quantitative estimate of drug-likeness (QED) is 0.657.